The molecule has 1 aliphatic heterocycles. The zero-order chi connectivity index (χ0) is 15.5. The summed E-state index contributed by atoms with van der Waals surface area (Å²) < 4.78 is 23.0. The lowest BCUT2D eigenvalue weighted by Crippen LogP contribution is -2.45. The van der Waals surface area contributed by atoms with Crippen molar-refractivity contribution in [1.29, 1.82) is 0 Å². The van der Waals surface area contributed by atoms with Crippen LogP contribution in [0.4, 0.5) is 0 Å². The molecular formula is C16H26O4Si. The van der Waals surface area contributed by atoms with Gasteiger partial charge in [-0.25, -0.2) is 0 Å². The van der Waals surface area contributed by atoms with E-state index in [1.54, 1.807) is 14.2 Å². The zero-order valence-corrected chi connectivity index (χ0v) is 14.8. The number of rotatable bonds is 6. The highest BCUT2D eigenvalue weighted by Gasteiger charge is 2.38. The van der Waals surface area contributed by atoms with Gasteiger partial charge >= 0.3 is 9.28 Å². The summed E-state index contributed by atoms with van der Waals surface area (Å²) in [5.74, 6) is 0.731. The van der Waals surface area contributed by atoms with Gasteiger partial charge < -0.3 is 18.3 Å². The molecule has 0 amide bonds. The monoisotopic (exact) mass is 310 g/mol. The molecule has 4 nitrogen and oxygen atoms in total. The smallest absolute Gasteiger partial charge is 0.355 e. The van der Waals surface area contributed by atoms with E-state index in [0.29, 0.717) is 12.5 Å². The molecule has 1 heterocycles. The number of hydrogen-bond acceptors (Lipinski definition) is 4. The first-order valence-electron chi connectivity index (χ1n) is 7.55. The number of ether oxygens (including phenoxy) is 2. The van der Waals surface area contributed by atoms with E-state index in [1.807, 2.05) is 19.1 Å². The molecule has 0 N–H and O–H groups in total. The van der Waals surface area contributed by atoms with Gasteiger partial charge in [0.1, 0.15) is 5.75 Å². The molecule has 1 aromatic carbocycles. The summed E-state index contributed by atoms with van der Waals surface area (Å²) in [6.45, 7) is 6.97. The van der Waals surface area contributed by atoms with E-state index >= 15 is 0 Å². The van der Waals surface area contributed by atoms with Crippen LogP contribution in [0.3, 0.4) is 0 Å². The Balaban J connectivity index is 2.19. The van der Waals surface area contributed by atoms with Crippen molar-refractivity contribution in [2.24, 2.45) is 5.92 Å². The van der Waals surface area contributed by atoms with Crippen LogP contribution in [0.5, 0.6) is 5.75 Å². The van der Waals surface area contributed by atoms with Gasteiger partial charge in [0, 0.05) is 32.6 Å². The lowest BCUT2D eigenvalue weighted by Gasteiger charge is -2.40. The van der Waals surface area contributed by atoms with Crippen LogP contribution in [-0.2, 0) is 20.2 Å². The van der Waals surface area contributed by atoms with E-state index in [-0.39, 0.29) is 0 Å². The fourth-order valence-corrected chi connectivity index (χ4v) is 4.06. The van der Waals surface area contributed by atoms with E-state index < -0.39 is 15.1 Å². The fraction of sp³-hybridized carbons (Fsp3) is 0.625. The Morgan fingerprint density at radius 3 is 2.67 bits per heavy atom. The maximum absolute atomic E-state index is 6.15. The Labute approximate surface area is 129 Å². The largest absolute Gasteiger partial charge is 0.462 e. The molecule has 5 heteroatoms. The van der Waals surface area contributed by atoms with Gasteiger partial charge in [0.2, 0.25) is 5.79 Å². The van der Waals surface area contributed by atoms with Gasteiger partial charge in [-0.15, -0.1) is 0 Å². The highest BCUT2D eigenvalue weighted by atomic mass is 28.3. The van der Waals surface area contributed by atoms with Gasteiger partial charge in [-0.05, 0) is 23.7 Å². The molecule has 0 spiro atoms. The SMILES string of the molecule is CCCC(C)C1(C)OCc2cc([SiH](OC)OC)ccc2O1. The minimum Gasteiger partial charge on any atom is -0.462 e. The van der Waals surface area contributed by atoms with Crippen molar-refractivity contribution in [3.8, 4) is 5.75 Å². The molecule has 0 saturated carbocycles. The molecule has 21 heavy (non-hydrogen) atoms. The minimum absolute atomic E-state index is 0.357. The first-order chi connectivity index (χ1) is 10.0. The molecule has 2 rings (SSSR count). The molecule has 0 saturated heterocycles. The first-order valence-corrected chi connectivity index (χ1v) is 9.07. The maximum atomic E-state index is 6.15. The minimum atomic E-state index is -1.78. The summed E-state index contributed by atoms with van der Waals surface area (Å²) in [6.07, 6.45) is 2.22. The van der Waals surface area contributed by atoms with Crippen molar-refractivity contribution in [2.75, 3.05) is 14.2 Å². The Kier molecular flexibility index (Phi) is 5.43. The van der Waals surface area contributed by atoms with Gasteiger partial charge in [0.05, 0.1) is 6.61 Å². The highest BCUT2D eigenvalue weighted by Crippen LogP contribution is 2.36. The summed E-state index contributed by atoms with van der Waals surface area (Å²) in [4.78, 5) is 0. The Bertz CT molecular complexity index is 475. The maximum Gasteiger partial charge on any atom is 0.355 e. The lowest BCUT2D eigenvalue weighted by atomic mass is 9.96. The Morgan fingerprint density at radius 2 is 2.05 bits per heavy atom. The normalized spacial score (nSPS) is 22.8. The van der Waals surface area contributed by atoms with Crippen molar-refractivity contribution in [3.05, 3.63) is 23.8 Å². The average Bonchev–Trinajstić information content (AvgIpc) is 2.49. The van der Waals surface area contributed by atoms with E-state index in [1.165, 1.54) is 0 Å². The second-order valence-electron chi connectivity index (χ2n) is 5.77. The van der Waals surface area contributed by atoms with E-state index in [2.05, 4.69) is 19.9 Å². The molecule has 0 aliphatic carbocycles. The molecule has 1 aliphatic rings. The molecule has 2 unspecified atom stereocenters. The van der Waals surface area contributed by atoms with E-state index in [9.17, 15) is 0 Å². The number of fused-ring (bicyclic) bond motifs is 1. The average molecular weight is 310 g/mol. The standard InChI is InChI=1S/C16H26O4Si/c1-6-7-12(2)16(3)19-11-13-10-14(21(17-4)18-5)8-9-15(13)20-16/h8-10,12,21H,6-7,11H2,1-5H3. The van der Waals surface area contributed by atoms with Gasteiger partial charge in [-0.1, -0.05) is 26.3 Å². The van der Waals surface area contributed by atoms with Crippen LogP contribution in [0.25, 0.3) is 0 Å². The molecular weight excluding hydrogens is 284 g/mol. The van der Waals surface area contributed by atoms with Gasteiger partial charge in [-0.2, -0.15) is 0 Å². The second-order valence-corrected chi connectivity index (χ2v) is 8.04. The van der Waals surface area contributed by atoms with Crippen molar-refractivity contribution in [2.45, 2.75) is 46.0 Å². The quantitative estimate of drug-likeness (QED) is 0.757. The topological polar surface area (TPSA) is 36.9 Å². The van der Waals surface area contributed by atoms with Crippen molar-refractivity contribution in [3.63, 3.8) is 0 Å². The first kappa shape index (κ1) is 16.5. The Morgan fingerprint density at radius 1 is 1.33 bits per heavy atom. The highest BCUT2D eigenvalue weighted by molar-refractivity contribution is 6.61. The van der Waals surface area contributed by atoms with Crippen LogP contribution in [0.2, 0.25) is 0 Å². The molecule has 2 atom stereocenters. The molecule has 0 fully saturated rings. The third-order valence-electron chi connectivity index (χ3n) is 4.23. The third-order valence-corrected chi connectivity index (χ3v) is 5.99. The predicted molar refractivity (Wildman–Crippen MR) is 85.1 cm³/mol. The van der Waals surface area contributed by atoms with Crippen LogP contribution in [0.1, 0.15) is 39.2 Å². The van der Waals surface area contributed by atoms with E-state index in [4.69, 9.17) is 18.3 Å². The van der Waals surface area contributed by atoms with Crippen molar-refractivity contribution in [1.82, 2.24) is 0 Å². The molecule has 0 bridgehead atoms. The molecule has 0 radical (unpaired) electrons. The predicted octanol–water partition coefficient (Wildman–Crippen LogP) is 2.47. The lowest BCUT2D eigenvalue weighted by molar-refractivity contribution is -0.223. The molecule has 118 valence electrons. The van der Waals surface area contributed by atoms with Crippen LogP contribution in [0.15, 0.2) is 18.2 Å². The number of hydrogen-bond donors (Lipinski definition) is 0. The van der Waals surface area contributed by atoms with Crippen LogP contribution in [0, 0.1) is 5.92 Å². The Hall–Kier alpha value is -0.883. The second kappa shape index (κ2) is 6.92. The summed E-state index contributed by atoms with van der Waals surface area (Å²) in [5, 5.41) is 1.11. The van der Waals surface area contributed by atoms with Crippen LogP contribution >= 0.6 is 0 Å². The summed E-state index contributed by atoms with van der Waals surface area (Å²) in [5.41, 5.74) is 1.07. The summed E-state index contributed by atoms with van der Waals surface area (Å²) >= 11 is 0. The van der Waals surface area contributed by atoms with Crippen LogP contribution in [-0.4, -0.2) is 29.3 Å². The summed E-state index contributed by atoms with van der Waals surface area (Å²) in [6, 6.07) is 6.14. The van der Waals surface area contributed by atoms with Crippen molar-refractivity contribution < 1.29 is 18.3 Å². The number of benzene rings is 1. The summed E-state index contributed by atoms with van der Waals surface area (Å²) in [7, 11) is 1.61. The van der Waals surface area contributed by atoms with Gasteiger partial charge in [0.25, 0.3) is 0 Å². The van der Waals surface area contributed by atoms with Gasteiger partial charge in [0.15, 0.2) is 0 Å². The molecule has 0 aromatic heterocycles. The fourth-order valence-electron chi connectivity index (χ4n) is 2.73. The van der Waals surface area contributed by atoms with E-state index in [0.717, 1.165) is 29.3 Å². The van der Waals surface area contributed by atoms with Gasteiger partial charge in [-0.3, -0.25) is 0 Å². The molecule has 1 aromatic rings. The van der Waals surface area contributed by atoms with Crippen molar-refractivity contribution >= 4 is 14.5 Å². The zero-order valence-electron chi connectivity index (χ0n) is 13.6. The third kappa shape index (κ3) is 3.48. The van der Waals surface area contributed by atoms with Crippen LogP contribution < -0.4 is 9.92 Å².